The fraction of sp³-hybridized carbons (Fsp3) is 0.286. The molecule has 0 heterocycles. The van der Waals surface area contributed by atoms with E-state index in [4.69, 9.17) is 4.74 Å². The monoisotopic (exact) mass is 386 g/mol. The molecule has 148 valence electrons. The van der Waals surface area contributed by atoms with E-state index in [1.54, 1.807) is 43.3 Å². The summed E-state index contributed by atoms with van der Waals surface area (Å²) < 4.78 is 18.3. The number of nitrogens with one attached hydrogen (secondary N) is 1. The molecule has 28 heavy (non-hydrogen) atoms. The largest absolute Gasteiger partial charge is 0.484 e. The highest BCUT2D eigenvalue weighted by Crippen LogP contribution is 2.12. The Balaban J connectivity index is 1.80. The van der Waals surface area contributed by atoms with E-state index in [1.165, 1.54) is 24.0 Å². The SMILES string of the molecule is CCN(CC(=O)NCc1ccc(F)cc1)C(=O)COc1ccc(C(C)=O)cc1. The van der Waals surface area contributed by atoms with Crippen molar-refractivity contribution in [3.8, 4) is 5.75 Å². The number of hydrogen-bond donors (Lipinski definition) is 1. The fourth-order valence-electron chi connectivity index (χ4n) is 2.43. The third kappa shape index (κ3) is 6.50. The normalized spacial score (nSPS) is 10.2. The molecule has 7 heteroatoms. The zero-order chi connectivity index (χ0) is 20.5. The van der Waals surface area contributed by atoms with E-state index in [1.807, 2.05) is 0 Å². The molecule has 0 saturated heterocycles. The van der Waals surface area contributed by atoms with Crippen molar-refractivity contribution < 1.29 is 23.5 Å². The van der Waals surface area contributed by atoms with E-state index in [0.717, 1.165) is 5.56 Å². The molecule has 2 rings (SSSR count). The van der Waals surface area contributed by atoms with Crippen LogP contribution in [0.2, 0.25) is 0 Å². The summed E-state index contributed by atoms with van der Waals surface area (Å²) in [5.41, 5.74) is 1.33. The number of ether oxygens (including phenoxy) is 1. The van der Waals surface area contributed by atoms with Crippen LogP contribution in [0.3, 0.4) is 0 Å². The van der Waals surface area contributed by atoms with Crippen molar-refractivity contribution in [2.45, 2.75) is 20.4 Å². The molecule has 0 atom stereocenters. The second-order valence-corrected chi connectivity index (χ2v) is 6.18. The Labute approximate surface area is 163 Å². The highest BCUT2D eigenvalue weighted by Gasteiger charge is 2.16. The molecular formula is C21H23FN2O4. The van der Waals surface area contributed by atoms with Crippen LogP contribution in [0.5, 0.6) is 5.75 Å². The molecule has 2 amide bonds. The maximum Gasteiger partial charge on any atom is 0.260 e. The van der Waals surface area contributed by atoms with Gasteiger partial charge in [-0.15, -0.1) is 0 Å². The van der Waals surface area contributed by atoms with Gasteiger partial charge in [-0.1, -0.05) is 12.1 Å². The first kappa shape index (κ1) is 21.1. The van der Waals surface area contributed by atoms with Gasteiger partial charge >= 0.3 is 0 Å². The van der Waals surface area contributed by atoms with Gasteiger partial charge in [-0.2, -0.15) is 0 Å². The Hall–Kier alpha value is -3.22. The van der Waals surface area contributed by atoms with E-state index < -0.39 is 0 Å². The van der Waals surface area contributed by atoms with Gasteiger partial charge in [0.2, 0.25) is 5.91 Å². The van der Waals surface area contributed by atoms with Crippen molar-refractivity contribution in [1.82, 2.24) is 10.2 Å². The summed E-state index contributed by atoms with van der Waals surface area (Å²) in [6.45, 7) is 3.55. The topological polar surface area (TPSA) is 75.7 Å². The average Bonchev–Trinajstić information content (AvgIpc) is 2.70. The lowest BCUT2D eigenvalue weighted by molar-refractivity contribution is -0.137. The van der Waals surface area contributed by atoms with Gasteiger partial charge in [0.15, 0.2) is 12.4 Å². The molecule has 0 unspecified atom stereocenters. The van der Waals surface area contributed by atoms with Crippen molar-refractivity contribution in [3.05, 3.63) is 65.5 Å². The molecule has 0 saturated carbocycles. The molecule has 0 aromatic heterocycles. The zero-order valence-corrected chi connectivity index (χ0v) is 15.9. The van der Waals surface area contributed by atoms with Crippen LogP contribution in [0.1, 0.15) is 29.8 Å². The highest BCUT2D eigenvalue weighted by atomic mass is 19.1. The summed E-state index contributed by atoms with van der Waals surface area (Å²) in [5.74, 6) is -0.559. The lowest BCUT2D eigenvalue weighted by Gasteiger charge is -2.20. The van der Waals surface area contributed by atoms with Crippen LogP contribution < -0.4 is 10.1 Å². The molecular weight excluding hydrogens is 363 g/mol. The van der Waals surface area contributed by atoms with E-state index in [0.29, 0.717) is 17.9 Å². The van der Waals surface area contributed by atoms with Gasteiger partial charge in [0.25, 0.3) is 5.91 Å². The molecule has 6 nitrogen and oxygen atoms in total. The number of carbonyl (C=O) groups excluding carboxylic acids is 3. The summed E-state index contributed by atoms with van der Waals surface area (Å²) in [5, 5.41) is 2.70. The van der Waals surface area contributed by atoms with Crippen LogP contribution in [-0.4, -0.2) is 42.2 Å². The Morgan fingerprint density at radius 1 is 1.04 bits per heavy atom. The standard InChI is InChI=1S/C21H23FN2O4/c1-3-24(13-20(26)23-12-16-4-8-18(22)9-5-16)21(27)14-28-19-10-6-17(7-11-19)15(2)25/h4-11H,3,12-14H2,1-2H3,(H,23,26). The lowest BCUT2D eigenvalue weighted by atomic mass is 10.1. The number of hydrogen-bond acceptors (Lipinski definition) is 4. The number of carbonyl (C=O) groups is 3. The average molecular weight is 386 g/mol. The number of ketones is 1. The van der Waals surface area contributed by atoms with Crippen molar-refractivity contribution >= 4 is 17.6 Å². The van der Waals surface area contributed by atoms with Gasteiger partial charge in [-0.25, -0.2) is 4.39 Å². The smallest absolute Gasteiger partial charge is 0.260 e. The number of halogens is 1. The molecule has 2 aromatic rings. The molecule has 0 bridgehead atoms. The van der Waals surface area contributed by atoms with Crippen molar-refractivity contribution in [3.63, 3.8) is 0 Å². The van der Waals surface area contributed by atoms with E-state index >= 15 is 0 Å². The van der Waals surface area contributed by atoms with Crippen molar-refractivity contribution in [2.24, 2.45) is 0 Å². The third-order valence-electron chi connectivity index (χ3n) is 4.09. The van der Waals surface area contributed by atoms with Gasteiger partial charge in [0.05, 0.1) is 6.54 Å². The number of likely N-dealkylation sites (N-methyl/N-ethyl adjacent to an activating group) is 1. The minimum Gasteiger partial charge on any atom is -0.484 e. The lowest BCUT2D eigenvalue weighted by Crippen LogP contribution is -2.42. The molecule has 0 fully saturated rings. The highest BCUT2D eigenvalue weighted by molar-refractivity contribution is 5.94. The Kier molecular flexibility index (Phi) is 7.68. The molecule has 0 aliphatic heterocycles. The predicted octanol–water partition coefficient (Wildman–Crippen LogP) is 2.57. The minimum atomic E-state index is -0.339. The van der Waals surface area contributed by atoms with Gasteiger partial charge in [0.1, 0.15) is 11.6 Å². The van der Waals surface area contributed by atoms with Crippen LogP contribution in [0.4, 0.5) is 4.39 Å². The van der Waals surface area contributed by atoms with Crippen LogP contribution in [0, 0.1) is 5.82 Å². The van der Waals surface area contributed by atoms with Crippen LogP contribution >= 0.6 is 0 Å². The van der Waals surface area contributed by atoms with Gasteiger partial charge in [0, 0.05) is 18.7 Å². The van der Waals surface area contributed by atoms with E-state index in [2.05, 4.69) is 5.32 Å². The van der Waals surface area contributed by atoms with Crippen LogP contribution in [-0.2, 0) is 16.1 Å². The predicted molar refractivity (Wildman–Crippen MR) is 102 cm³/mol. The Bertz CT molecular complexity index is 819. The summed E-state index contributed by atoms with van der Waals surface area (Å²) in [7, 11) is 0. The van der Waals surface area contributed by atoms with E-state index in [-0.39, 0.29) is 43.1 Å². The molecule has 0 aliphatic rings. The summed E-state index contributed by atoms with van der Waals surface area (Å²) in [4.78, 5) is 37.0. The third-order valence-corrected chi connectivity index (χ3v) is 4.09. The quantitative estimate of drug-likeness (QED) is 0.672. The second kappa shape index (κ2) is 10.2. The number of nitrogens with zero attached hydrogens (tertiary/aromatic N) is 1. The molecule has 2 aromatic carbocycles. The first-order valence-electron chi connectivity index (χ1n) is 8.91. The summed E-state index contributed by atoms with van der Waals surface area (Å²) in [6.07, 6.45) is 0. The number of benzene rings is 2. The fourth-order valence-corrected chi connectivity index (χ4v) is 2.43. The Morgan fingerprint density at radius 3 is 2.25 bits per heavy atom. The summed E-state index contributed by atoms with van der Waals surface area (Å²) in [6, 6.07) is 12.3. The van der Waals surface area contributed by atoms with Gasteiger partial charge in [-0.3, -0.25) is 14.4 Å². The van der Waals surface area contributed by atoms with Crippen LogP contribution in [0.15, 0.2) is 48.5 Å². The first-order valence-corrected chi connectivity index (χ1v) is 8.91. The van der Waals surface area contributed by atoms with Crippen LogP contribution in [0.25, 0.3) is 0 Å². The summed E-state index contributed by atoms with van der Waals surface area (Å²) >= 11 is 0. The number of Topliss-reactive ketones (excluding diaryl/α,β-unsaturated/α-hetero) is 1. The van der Waals surface area contributed by atoms with Crippen molar-refractivity contribution in [1.29, 1.82) is 0 Å². The maximum absolute atomic E-state index is 12.9. The van der Waals surface area contributed by atoms with E-state index in [9.17, 15) is 18.8 Å². The van der Waals surface area contributed by atoms with Gasteiger partial charge < -0.3 is 15.0 Å². The number of amides is 2. The molecule has 0 aliphatic carbocycles. The number of rotatable bonds is 9. The zero-order valence-electron chi connectivity index (χ0n) is 15.9. The Morgan fingerprint density at radius 2 is 1.68 bits per heavy atom. The molecule has 1 N–H and O–H groups in total. The maximum atomic E-state index is 12.9. The minimum absolute atomic E-state index is 0.0496. The van der Waals surface area contributed by atoms with Crippen molar-refractivity contribution in [2.75, 3.05) is 19.7 Å². The van der Waals surface area contributed by atoms with Gasteiger partial charge in [-0.05, 0) is 55.8 Å². The first-order chi connectivity index (χ1) is 13.4. The molecule has 0 spiro atoms. The second-order valence-electron chi connectivity index (χ2n) is 6.18. The molecule has 0 radical (unpaired) electrons.